The van der Waals surface area contributed by atoms with Crippen LogP contribution in [-0.2, 0) is 4.79 Å². The number of hydrogen-bond donors (Lipinski definition) is 0. The van der Waals surface area contributed by atoms with Crippen molar-refractivity contribution in [3.05, 3.63) is 34.9 Å². The molecule has 1 fully saturated rings. The second-order valence-electron chi connectivity index (χ2n) is 5.25. The molecular weight excluding hydrogens is 246 g/mol. The molecule has 0 aromatic heterocycles. The van der Waals surface area contributed by atoms with Crippen molar-refractivity contribution in [3.63, 3.8) is 0 Å². The molecule has 0 heterocycles. The maximum absolute atomic E-state index is 12.5. The van der Waals surface area contributed by atoms with Gasteiger partial charge in [0.2, 0.25) is 0 Å². The van der Waals surface area contributed by atoms with Crippen LogP contribution in [0, 0.1) is 16.7 Å². The lowest BCUT2D eigenvalue weighted by Gasteiger charge is -2.24. The van der Waals surface area contributed by atoms with Crippen LogP contribution >= 0.6 is 11.6 Å². The van der Waals surface area contributed by atoms with E-state index < -0.39 is 5.92 Å². The van der Waals surface area contributed by atoms with Crippen LogP contribution in [-0.4, -0.2) is 5.78 Å². The van der Waals surface area contributed by atoms with Gasteiger partial charge in [0.25, 0.3) is 0 Å². The van der Waals surface area contributed by atoms with Crippen LogP contribution in [0.4, 0.5) is 0 Å². The van der Waals surface area contributed by atoms with Gasteiger partial charge in [-0.3, -0.25) is 4.79 Å². The third-order valence-corrected chi connectivity index (χ3v) is 4.15. The predicted molar refractivity (Wildman–Crippen MR) is 71.4 cm³/mol. The van der Waals surface area contributed by atoms with E-state index in [0.717, 1.165) is 31.2 Å². The minimum absolute atomic E-state index is 0.0600. The van der Waals surface area contributed by atoms with E-state index in [0.29, 0.717) is 5.02 Å². The summed E-state index contributed by atoms with van der Waals surface area (Å²) in [4.78, 5) is 12.5. The number of rotatable bonds is 3. The highest BCUT2D eigenvalue weighted by atomic mass is 35.5. The first-order valence-corrected chi connectivity index (χ1v) is 6.64. The number of carbonyl (C=O) groups excluding carboxylic acids is 1. The van der Waals surface area contributed by atoms with Crippen LogP contribution in [0.2, 0.25) is 5.02 Å². The third kappa shape index (κ3) is 2.42. The molecule has 18 heavy (non-hydrogen) atoms. The van der Waals surface area contributed by atoms with Crippen molar-refractivity contribution in [2.75, 3.05) is 0 Å². The highest BCUT2D eigenvalue weighted by Gasteiger charge is 2.40. The zero-order chi connectivity index (χ0) is 13.2. The monoisotopic (exact) mass is 261 g/mol. The highest BCUT2D eigenvalue weighted by Crippen LogP contribution is 2.42. The van der Waals surface area contributed by atoms with Gasteiger partial charge in [-0.05, 0) is 30.5 Å². The number of ketones is 1. The molecule has 1 aliphatic carbocycles. The van der Waals surface area contributed by atoms with Crippen molar-refractivity contribution < 1.29 is 4.79 Å². The number of halogens is 1. The molecule has 1 saturated carbocycles. The molecule has 0 spiro atoms. The standard InChI is InChI=1S/C15H16ClNO/c1-15(8-2-3-9-15)14(18)13(10-17)11-4-6-12(16)7-5-11/h4-7,13H,2-3,8-9H2,1H3. The van der Waals surface area contributed by atoms with E-state index in [4.69, 9.17) is 11.6 Å². The topological polar surface area (TPSA) is 40.9 Å². The fraction of sp³-hybridized carbons (Fsp3) is 0.467. The van der Waals surface area contributed by atoms with Gasteiger partial charge in [0.15, 0.2) is 5.78 Å². The third-order valence-electron chi connectivity index (χ3n) is 3.90. The minimum atomic E-state index is -0.662. The predicted octanol–water partition coefficient (Wildman–Crippen LogP) is 4.10. The quantitative estimate of drug-likeness (QED) is 0.822. The summed E-state index contributed by atoms with van der Waals surface area (Å²) in [6, 6.07) is 9.14. The summed E-state index contributed by atoms with van der Waals surface area (Å²) in [6.07, 6.45) is 3.97. The first kappa shape index (κ1) is 13.1. The van der Waals surface area contributed by atoms with Crippen molar-refractivity contribution in [2.24, 2.45) is 5.41 Å². The molecule has 1 atom stereocenters. The molecule has 2 rings (SSSR count). The Morgan fingerprint density at radius 3 is 2.39 bits per heavy atom. The van der Waals surface area contributed by atoms with Gasteiger partial charge in [0.1, 0.15) is 5.92 Å². The molecule has 0 aliphatic heterocycles. The second-order valence-corrected chi connectivity index (χ2v) is 5.68. The van der Waals surface area contributed by atoms with Crippen molar-refractivity contribution in [1.82, 2.24) is 0 Å². The molecule has 94 valence electrons. The summed E-state index contributed by atoms with van der Waals surface area (Å²) in [7, 11) is 0. The van der Waals surface area contributed by atoms with Gasteiger partial charge in [-0.1, -0.05) is 43.5 Å². The Labute approximate surface area is 113 Å². The average molecular weight is 262 g/mol. The van der Waals surface area contributed by atoms with Gasteiger partial charge in [0, 0.05) is 10.4 Å². The molecule has 0 bridgehead atoms. The SMILES string of the molecule is CC1(C(=O)C(C#N)c2ccc(Cl)cc2)CCCC1. The van der Waals surface area contributed by atoms with Crippen LogP contribution < -0.4 is 0 Å². The van der Waals surface area contributed by atoms with Crippen LogP contribution in [0.1, 0.15) is 44.1 Å². The fourth-order valence-corrected chi connectivity index (χ4v) is 2.82. The molecule has 1 aromatic rings. The van der Waals surface area contributed by atoms with E-state index >= 15 is 0 Å². The zero-order valence-corrected chi connectivity index (χ0v) is 11.2. The summed E-state index contributed by atoms with van der Waals surface area (Å²) >= 11 is 5.83. The summed E-state index contributed by atoms with van der Waals surface area (Å²) in [5.74, 6) is -0.602. The maximum atomic E-state index is 12.5. The number of nitrogens with zero attached hydrogens (tertiary/aromatic N) is 1. The Hall–Kier alpha value is -1.33. The van der Waals surface area contributed by atoms with Gasteiger partial charge < -0.3 is 0 Å². The van der Waals surface area contributed by atoms with E-state index in [1.54, 1.807) is 24.3 Å². The largest absolute Gasteiger partial charge is 0.297 e. The lowest BCUT2D eigenvalue weighted by atomic mass is 9.76. The Bertz CT molecular complexity index is 480. The normalized spacial score (nSPS) is 19.2. The van der Waals surface area contributed by atoms with Crippen molar-refractivity contribution in [1.29, 1.82) is 5.26 Å². The zero-order valence-electron chi connectivity index (χ0n) is 10.4. The number of nitriles is 1. The van der Waals surface area contributed by atoms with Crippen LogP contribution in [0.3, 0.4) is 0 Å². The number of benzene rings is 1. The Morgan fingerprint density at radius 2 is 1.89 bits per heavy atom. The summed E-state index contributed by atoms with van der Waals surface area (Å²) in [5.41, 5.74) is 0.431. The summed E-state index contributed by atoms with van der Waals surface area (Å²) in [6.45, 7) is 1.99. The van der Waals surface area contributed by atoms with E-state index in [9.17, 15) is 10.1 Å². The Balaban J connectivity index is 2.26. The van der Waals surface area contributed by atoms with E-state index in [2.05, 4.69) is 6.07 Å². The molecule has 3 heteroatoms. The molecule has 0 radical (unpaired) electrons. The van der Waals surface area contributed by atoms with Crippen LogP contribution in [0.5, 0.6) is 0 Å². The molecule has 0 N–H and O–H groups in total. The van der Waals surface area contributed by atoms with Crippen molar-refractivity contribution in [2.45, 2.75) is 38.5 Å². The molecule has 1 aliphatic rings. The molecular formula is C15H16ClNO. The van der Waals surface area contributed by atoms with Gasteiger partial charge in [-0.25, -0.2) is 0 Å². The number of hydrogen-bond acceptors (Lipinski definition) is 2. The van der Waals surface area contributed by atoms with E-state index in [-0.39, 0.29) is 11.2 Å². The van der Waals surface area contributed by atoms with Gasteiger partial charge in [0.05, 0.1) is 6.07 Å². The lowest BCUT2D eigenvalue weighted by molar-refractivity contribution is -0.128. The average Bonchev–Trinajstić information content (AvgIpc) is 2.81. The Kier molecular flexibility index (Phi) is 3.73. The summed E-state index contributed by atoms with van der Waals surface area (Å²) in [5, 5.41) is 9.91. The second kappa shape index (κ2) is 5.12. The molecule has 0 amide bonds. The maximum Gasteiger partial charge on any atom is 0.160 e. The van der Waals surface area contributed by atoms with Crippen LogP contribution in [0.15, 0.2) is 24.3 Å². The van der Waals surface area contributed by atoms with Gasteiger partial charge in [-0.2, -0.15) is 5.26 Å². The molecule has 0 saturated heterocycles. The first-order valence-electron chi connectivity index (χ1n) is 6.26. The van der Waals surface area contributed by atoms with E-state index in [1.807, 2.05) is 6.92 Å². The lowest BCUT2D eigenvalue weighted by Crippen LogP contribution is -2.29. The van der Waals surface area contributed by atoms with Crippen LogP contribution in [0.25, 0.3) is 0 Å². The van der Waals surface area contributed by atoms with Crippen molar-refractivity contribution >= 4 is 17.4 Å². The Morgan fingerprint density at radius 1 is 1.33 bits per heavy atom. The minimum Gasteiger partial charge on any atom is -0.297 e. The molecule has 1 aromatic carbocycles. The van der Waals surface area contributed by atoms with Gasteiger partial charge in [-0.15, -0.1) is 0 Å². The van der Waals surface area contributed by atoms with Crippen molar-refractivity contribution in [3.8, 4) is 6.07 Å². The molecule has 1 unspecified atom stereocenters. The fourth-order valence-electron chi connectivity index (χ4n) is 2.69. The first-order chi connectivity index (χ1) is 8.57. The van der Waals surface area contributed by atoms with Gasteiger partial charge >= 0.3 is 0 Å². The highest BCUT2D eigenvalue weighted by molar-refractivity contribution is 6.30. The smallest absolute Gasteiger partial charge is 0.160 e. The molecule has 2 nitrogen and oxygen atoms in total. The summed E-state index contributed by atoms with van der Waals surface area (Å²) < 4.78 is 0. The number of carbonyl (C=O) groups is 1. The van der Waals surface area contributed by atoms with E-state index in [1.165, 1.54) is 0 Å². The number of Topliss-reactive ketones (excluding diaryl/α,β-unsaturated/α-hetero) is 1.